The minimum absolute atomic E-state index is 0.0268. The van der Waals surface area contributed by atoms with Crippen LogP contribution in [0.3, 0.4) is 0 Å². The molecule has 0 aliphatic rings. The topological polar surface area (TPSA) is 105 Å². The summed E-state index contributed by atoms with van der Waals surface area (Å²) in [5.74, 6) is 7.46. The van der Waals surface area contributed by atoms with Crippen LogP contribution in [-0.4, -0.2) is 50.3 Å². The molecule has 0 bridgehead atoms. The Morgan fingerprint density at radius 1 is 0.618 bits per heavy atom. The molecule has 0 aromatic heterocycles. The van der Waals surface area contributed by atoms with E-state index in [4.69, 9.17) is 18.9 Å². The van der Waals surface area contributed by atoms with Crippen molar-refractivity contribution in [2.45, 2.75) is 53.4 Å². The Bertz CT molecular complexity index is 755. The third kappa shape index (κ3) is 8.12. The van der Waals surface area contributed by atoms with Crippen LogP contribution in [0.15, 0.2) is 25.3 Å². The first kappa shape index (κ1) is 30.5. The van der Waals surface area contributed by atoms with Gasteiger partial charge in [0.15, 0.2) is 10.8 Å². The molecule has 34 heavy (non-hydrogen) atoms. The summed E-state index contributed by atoms with van der Waals surface area (Å²) < 4.78 is 20.3. The lowest BCUT2D eigenvalue weighted by Gasteiger charge is -2.26. The van der Waals surface area contributed by atoms with Gasteiger partial charge in [0.25, 0.3) is 0 Å². The third-order valence-corrected chi connectivity index (χ3v) is 4.67. The molecule has 0 atom stereocenters. The zero-order chi connectivity index (χ0) is 26.0. The molecule has 186 valence electrons. The maximum atomic E-state index is 12.6. The van der Waals surface area contributed by atoms with Gasteiger partial charge >= 0.3 is 23.9 Å². The van der Waals surface area contributed by atoms with Crippen molar-refractivity contribution in [1.29, 1.82) is 0 Å². The molecule has 0 aromatic carbocycles. The lowest BCUT2D eigenvalue weighted by molar-refractivity contribution is -0.173. The first-order valence-electron chi connectivity index (χ1n) is 11.1. The number of rotatable bonds is 14. The van der Waals surface area contributed by atoms with Crippen LogP contribution in [0.25, 0.3) is 0 Å². The van der Waals surface area contributed by atoms with Gasteiger partial charge in [-0.2, -0.15) is 0 Å². The minimum atomic E-state index is -1.66. The van der Waals surface area contributed by atoms with Crippen molar-refractivity contribution in [3.8, 4) is 23.7 Å². The highest BCUT2D eigenvalue weighted by molar-refractivity contribution is 6.01. The molecular formula is C26H34O8. The van der Waals surface area contributed by atoms with Gasteiger partial charge in [0.05, 0.1) is 26.4 Å². The Morgan fingerprint density at radius 2 is 0.882 bits per heavy atom. The monoisotopic (exact) mass is 474 g/mol. The Balaban J connectivity index is 5.95. The van der Waals surface area contributed by atoms with E-state index in [0.717, 1.165) is 0 Å². The molecule has 0 rings (SSSR count). The molecule has 0 saturated carbocycles. The molecule has 0 radical (unpaired) electrons. The summed E-state index contributed by atoms with van der Waals surface area (Å²) in [5, 5.41) is 0. The predicted molar refractivity (Wildman–Crippen MR) is 126 cm³/mol. The molecule has 0 N–H and O–H groups in total. The van der Waals surface area contributed by atoms with E-state index in [0.29, 0.717) is 0 Å². The maximum absolute atomic E-state index is 12.6. The summed E-state index contributed by atoms with van der Waals surface area (Å²) in [4.78, 5) is 50.3. The normalized spacial score (nSPS) is 10.4. The van der Waals surface area contributed by atoms with E-state index >= 15 is 0 Å². The zero-order valence-electron chi connectivity index (χ0n) is 20.5. The first-order chi connectivity index (χ1) is 16.3. The van der Waals surface area contributed by atoms with Crippen molar-refractivity contribution >= 4 is 23.9 Å². The Hall–Kier alpha value is -3.52. The molecule has 0 aliphatic carbocycles. The smallest absolute Gasteiger partial charge is 0.324 e. The van der Waals surface area contributed by atoms with E-state index in [-0.39, 0.29) is 52.1 Å². The molecule has 0 aliphatic heterocycles. The van der Waals surface area contributed by atoms with Gasteiger partial charge in [0.2, 0.25) is 0 Å². The number of carbonyl (C=O) groups is 4. The average molecular weight is 475 g/mol. The van der Waals surface area contributed by atoms with Gasteiger partial charge < -0.3 is 18.9 Å². The Kier molecular flexibility index (Phi) is 14.5. The highest BCUT2D eigenvalue weighted by atomic mass is 16.6. The van der Waals surface area contributed by atoms with Crippen molar-refractivity contribution in [2.24, 2.45) is 10.8 Å². The van der Waals surface area contributed by atoms with Crippen LogP contribution in [0.5, 0.6) is 0 Å². The van der Waals surface area contributed by atoms with Crippen LogP contribution in [0.2, 0.25) is 0 Å². The zero-order valence-corrected chi connectivity index (χ0v) is 20.5. The summed E-state index contributed by atoms with van der Waals surface area (Å²) in [6.07, 6.45) is 2.37. The number of hydrogen-bond donors (Lipinski definition) is 0. The van der Waals surface area contributed by atoms with Crippen molar-refractivity contribution in [1.82, 2.24) is 0 Å². The fourth-order valence-electron chi connectivity index (χ4n) is 2.98. The number of hydrogen-bond acceptors (Lipinski definition) is 8. The molecule has 0 fully saturated rings. The minimum Gasteiger partial charge on any atom is -0.465 e. The number of ether oxygens (including phenoxy) is 4. The number of allylic oxidation sites excluding steroid dienone is 2. The molecule has 8 nitrogen and oxygen atoms in total. The second kappa shape index (κ2) is 16.1. The van der Waals surface area contributed by atoms with Crippen LogP contribution < -0.4 is 0 Å². The fraction of sp³-hybridized carbons (Fsp3) is 0.538. The van der Waals surface area contributed by atoms with Gasteiger partial charge in [-0.3, -0.25) is 19.2 Å². The van der Waals surface area contributed by atoms with Crippen LogP contribution in [0, 0.1) is 34.5 Å². The Morgan fingerprint density at radius 3 is 1.09 bits per heavy atom. The van der Waals surface area contributed by atoms with Crippen LogP contribution in [0.1, 0.15) is 53.4 Å². The Labute approximate surface area is 202 Å². The van der Waals surface area contributed by atoms with Crippen molar-refractivity contribution in [2.75, 3.05) is 26.4 Å². The van der Waals surface area contributed by atoms with Crippen molar-refractivity contribution in [3.63, 3.8) is 0 Å². The van der Waals surface area contributed by atoms with Crippen LogP contribution in [0.4, 0.5) is 0 Å². The highest BCUT2D eigenvalue weighted by Crippen LogP contribution is 2.32. The van der Waals surface area contributed by atoms with E-state index in [9.17, 15) is 19.2 Å². The van der Waals surface area contributed by atoms with E-state index in [2.05, 4.69) is 36.8 Å². The van der Waals surface area contributed by atoms with E-state index in [1.165, 1.54) is 12.2 Å². The van der Waals surface area contributed by atoms with Crippen LogP contribution in [-0.2, 0) is 38.1 Å². The fourth-order valence-corrected chi connectivity index (χ4v) is 2.98. The highest BCUT2D eigenvalue weighted by Gasteiger charge is 2.48. The molecule has 0 amide bonds. The number of carbonyl (C=O) groups excluding carboxylic acids is 4. The van der Waals surface area contributed by atoms with E-state index in [1.54, 1.807) is 27.7 Å². The molecule has 0 aromatic rings. The molecule has 0 heterocycles. The maximum Gasteiger partial charge on any atom is 0.324 e. The lowest BCUT2D eigenvalue weighted by atomic mass is 9.81. The van der Waals surface area contributed by atoms with Gasteiger partial charge in [0, 0.05) is 12.8 Å². The molecular weight excluding hydrogens is 440 g/mol. The average Bonchev–Trinajstić information content (AvgIpc) is 2.80. The second-order valence-electron chi connectivity index (χ2n) is 6.99. The molecule has 0 unspecified atom stereocenters. The van der Waals surface area contributed by atoms with Crippen LogP contribution >= 0.6 is 0 Å². The summed E-state index contributed by atoms with van der Waals surface area (Å²) >= 11 is 0. The van der Waals surface area contributed by atoms with E-state index < -0.39 is 34.7 Å². The largest absolute Gasteiger partial charge is 0.465 e. The second-order valence-corrected chi connectivity index (χ2v) is 6.99. The first-order valence-corrected chi connectivity index (χ1v) is 11.1. The van der Waals surface area contributed by atoms with Gasteiger partial charge in [-0.1, -0.05) is 24.0 Å². The van der Waals surface area contributed by atoms with Crippen molar-refractivity contribution in [3.05, 3.63) is 25.3 Å². The predicted octanol–water partition coefficient (Wildman–Crippen LogP) is 3.15. The molecule has 0 spiro atoms. The van der Waals surface area contributed by atoms with E-state index in [1.807, 2.05) is 0 Å². The van der Waals surface area contributed by atoms with Gasteiger partial charge in [-0.15, -0.1) is 13.2 Å². The quantitative estimate of drug-likeness (QED) is 0.124. The summed E-state index contributed by atoms with van der Waals surface area (Å²) in [7, 11) is 0. The standard InChI is InChI=1S/C26H34O8/c1-7-17-25(21(27)31-9-3,22(28)32-10-4)19-15-13-14-16-20-26(18-8-2,23(29)33-11-5)24(30)34-12-6/h7-8H,1-2,9-12,17-20H2,3-6H3. The summed E-state index contributed by atoms with van der Waals surface area (Å²) in [6, 6.07) is 0. The summed E-state index contributed by atoms with van der Waals surface area (Å²) in [5.41, 5.74) is -3.32. The molecule has 8 heteroatoms. The lowest BCUT2D eigenvalue weighted by Crippen LogP contribution is -2.41. The molecule has 0 saturated heterocycles. The third-order valence-electron chi connectivity index (χ3n) is 4.67. The van der Waals surface area contributed by atoms with Gasteiger partial charge in [0.1, 0.15) is 0 Å². The number of esters is 4. The SMILES string of the molecule is C=CCC(CC#CC#CCC(CC=C)(C(=O)OCC)C(=O)OCC)(C(=O)OCC)C(=O)OCC. The van der Waals surface area contributed by atoms with Gasteiger partial charge in [-0.05, 0) is 52.4 Å². The summed E-state index contributed by atoms with van der Waals surface area (Å²) in [6.45, 7) is 14.0. The van der Waals surface area contributed by atoms with Gasteiger partial charge in [-0.25, -0.2) is 0 Å². The van der Waals surface area contributed by atoms with Crippen molar-refractivity contribution < 1.29 is 38.1 Å².